The number of carbonyl (C=O) groups is 2. The maximum Gasteiger partial charge on any atom is 0.406 e. The third-order valence-corrected chi connectivity index (χ3v) is 3.47. The number of aliphatic hydroxyl groups is 1. The van der Waals surface area contributed by atoms with Gasteiger partial charge in [0.1, 0.15) is 6.54 Å². The van der Waals surface area contributed by atoms with Crippen LogP contribution in [0.25, 0.3) is 0 Å². The molecule has 0 spiro atoms. The number of nitrogens with one attached hydrogen (secondary N) is 1. The van der Waals surface area contributed by atoms with Crippen molar-refractivity contribution in [2.75, 3.05) is 19.7 Å². The third-order valence-electron chi connectivity index (χ3n) is 3.47. The predicted molar refractivity (Wildman–Crippen MR) is 64.6 cm³/mol. The van der Waals surface area contributed by atoms with Gasteiger partial charge >= 0.3 is 6.18 Å². The van der Waals surface area contributed by atoms with Gasteiger partial charge in [0, 0.05) is 25.6 Å². The Labute approximate surface area is 115 Å². The van der Waals surface area contributed by atoms with Crippen LogP contribution in [-0.2, 0) is 9.59 Å². The fourth-order valence-corrected chi connectivity index (χ4v) is 1.96. The smallest absolute Gasteiger partial charge is 0.396 e. The van der Waals surface area contributed by atoms with Crippen molar-refractivity contribution in [1.82, 2.24) is 10.2 Å². The van der Waals surface area contributed by atoms with Gasteiger partial charge in [-0.3, -0.25) is 9.59 Å². The van der Waals surface area contributed by atoms with Crippen LogP contribution in [0.1, 0.15) is 20.3 Å². The Morgan fingerprint density at radius 2 is 2.10 bits per heavy atom. The second kappa shape index (κ2) is 6.43. The van der Waals surface area contributed by atoms with Crippen LogP contribution in [0, 0.1) is 11.8 Å². The SMILES string of the molecule is CC(CO)C(C)NC(=O)C1CC(=O)N(CC(F)(F)F)C1. The Kier molecular flexibility index (Phi) is 5.38. The highest BCUT2D eigenvalue weighted by atomic mass is 19.4. The van der Waals surface area contributed by atoms with E-state index in [-0.39, 0.29) is 31.5 Å². The van der Waals surface area contributed by atoms with E-state index < -0.39 is 30.5 Å². The number of halogens is 3. The summed E-state index contributed by atoms with van der Waals surface area (Å²) in [6.45, 7) is 1.79. The second-order valence-electron chi connectivity index (χ2n) is 5.25. The Morgan fingerprint density at radius 1 is 1.50 bits per heavy atom. The van der Waals surface area contributed by atoms with E-state index in [9.17, 15) is 22.8 Å². The summed E-state index contributed by atoms with van der Waals surface area (Å²) in [5.41, 5.74) is 0. The van der Waals surface area contributed by atoms with E-state index in [0.717, 1.165) is 0 Å². The highest BCUT2D eigenvalue weighted by Crippen LogP contribution is 2.24. The van der Waals surface area contributed by atoms with Crippen LogP contribution >= 0.6 is 0 Å². The fraction of sp³-hybridized carbons (Fsp3) is 0.833. The quantitative estimate of drug-likeness (QED) is 0.777. The molecular weight excluding hydrogens is 277 g/mol. The number of carbonyl (C=O) groups excluding carboxylic acids is 2. The minimum atomic E-state index is -4.46. The van der Waals surface area contributed by atoms with Crippen molar-refractivity contribution in [2.45, 2.75) is 32.5 Å². The molecule has 2 amide bonds. The van der Waals surface area contributed by atoms with Gasteiger partial charge in [0.25, 0.3) is 0 Å². The average Bonchev–Trinajstić information content (AvgIpc) is 2.67. The van der Waals surface area contributed by atoms with Crippen LogP contribution < -0.4 is 5.32 Å². The number of hydrogen-bond acceptors (Lipinski definition) is 3. The van der Waals surface area contributed by atoms with Gasteiger partial charge in [0.15, 0.2) is 0 Å². The summed E-state index contributed by atoms with van der Waals surface area (Å²) >= 11 is 0. The van der Waals surface area contributed by atoms with E-state index in [1.165, 1.54) is 0 Å². The van der Waals surface area contributed by atoms with Crippen molar-refractivity contribution in [1.29, 1.82) is 0 Å². The van der Waals surface area contributed by atoms with E-state index in [1.807, 2.05) is 0 Å². The maximum absolute atomic E-state index is 12.2. The van der Waals surface area contributed by atoms with E-state index in [2.05, 4.69) is 5.32 Å². The zero-order valence-corrected chi connectivity index (χ0v) is 11.4. The van der Waals surface area contributed by atoms with Gasteiger partial charge in [0.05, 0.1) is 5.92 Å². The van der Waals surface area contributed by atoms with Gasteiger partial charge in [-0.05, 0) is 12.8 Å². The molecule has 0 aromatic heterocycles. The third kappa shape index (κ3) is 4.66. The molecule has 3 unspecified atom stereocenters. The highest BCUT2D eigenvalue weighted by Gasteiger charge is 2.40. The first-order valence-electron chi connectivity index (χ1n) is 6.39. The first kappa shape index (κ1) is 16.7. The number of alkyl halides is 3. The largest absolute Gasteiger partial charge is 0.406 e. The van der Waals surface area contributed by atoms with Gasteiger partial charge < -0.3 is 15.3 Å². The van der Waals surface area contributed by atoms with Crippen molar-refractivity contribution in [3.05, 3.63) is 0 Å². The van der Waals surface area contributed by atoms with Crippen LogP contribution in [0.15, 0.2) is 0 Å². The second-order valence-corrected chi connectivity index (χ2v) is 5.25. The summed E-state index contributed by atoms with van der Waals surface area (Å²) in [7, 11) is 0. The van der Waals surface area contributed by atoms with E-state index in [1.54, 1.807) is 13.8 Å². The van der Waals surface area contributed by atoms with Crippen molar-refractivity contribution in [3.8, 4) is 0 Å². The lowest BCUT2D eigenvalue weighted by Gasteiger charge is -2.22. The minimum absolute atomic E-state index is 0.106. The topological polar surface area (TPSA) is 69.6 Å². The van der Waals surface area contributed by atoms with Crippen LogP contribution in [0.4, 0.5) is 13.2 Å². The monoisotopic (exact) mass is 296 g/mol. The molecule has 20 heavy (non-hydrogen) atoms. The molecule has 116 valence electrons. The van der Waals surface area contributed by atoms with E-state index in [0.29, 0.717) is 4.90 Å². The molecule has 0 radical (unpaired) electrons. The summed E-state index contributed by atoms with van der Waals surface area (Å²) in [4.78, 5) is 24.0. The molecule has 0 bridgehead atoms. The molecule has 2 N–H and O–H groups in total. The summed E-state index contributed by atoms with van der Waals surface area (Å²) in [5, 5.41) is 11.6. The van der Waals surface area contributed by atoms with Crippen LogP contribution in [0.5, 0.6) is 0 Å². The van der Waals surface area contributed by atoms with Gasteiger partial charge in [0.2, 0.25) is 11.8 Å². The molecule has 3 atom stereocenters. The Morgan fingerprint density at radius 3 is 2.60 bits per heavy atom. The van der Waals surface area contributed by atoms with E-state index >= 15 is 0 Å². The zero-order valence-electron chi connectivity index (χ0n) is 11.4. The van der Waals surface area contributed by atoms with Crippen LogP contribution in [0.3, 0.4) is 0 Å². The van der Waals surface area contributed by atoms with Gasteiger partial charge in [-0.2, -0.15) is 13.2 Å². The molecule has 1 rings (SSSR count). The van der Waals surface area contributed by atoms with Crippen LogP contribution in [-0.4, -0.2) is 53.7 Å². The number of hydrogen-bond donors (Lipinski definition) is 2. The van der Waals surface area contributed by atoms with Crippen molar-refractivity contribution in [2.24, 2.45) is 11.8 Å². The molecule has 1 saturated heterocycles. The van der Waals surface area contributed by atoms with Gasteiger partial charge in [-0.1, -0.05) is 6.92 Å². The lowest BCUT2D eigenvalue weighted by molar-refractivity contribution is -0.157. The predicted octanol–water partition coefficient (Wildman–Crippen LogP) is 0.530. The average molecular weight is 296 g/mol. The molecule has 8 heteroatoms. The minimum Gasteiger partial charge on any atom is -0.396 e. The first-order valence-corrected chi connectivity index (χ1v) is 6.39. The summed E-state index contributed by atoms with van der Waals surface area (Å²) < 4.78 is 36.7. The van der Waals surface area contributed by atoms with Gasteiger partial charge in [-0.25, -0.2) is 0 Å². The molecule has 1 heterocycles. The summed E-state index contributed by atoms with van der Waals surface area (Å²) in [6, 6.07) is -0.306. The van der Waals surface area contributed by atoms with E-state index in [4.69, 9.17) is 5.11 Å². The molecule has 1 fully saturated rings. The number of rotatable bonds is 5. The number of amides is 2. The number of aliphatic hydroxyl groups excluding tert-OH is 1. The van der Waals surface area contributed by atoms with Crippen LogP contribution in [0.2, 0.25) is 0 Å². The Balaban J connectivity index is 2.54. The summed E-state index contributed by atoms with van der Waals surface area (Å²) in [5.74, 6) is -2.04. The summed E-state index contributed by atoms with van der Waals surface area (Å²) in [6.07, 6.45) is -4.66. The molecular formula is C12H19F3N2O3. The molecule has 1 aliphatic heterocycles. The molecule has 0 aromatic carbocycles. The first-order chi connectivity index (χ1) is 9.14. The molecule has 1 aliphatic rings. The van der Waals surface area contributed by atoms with Crippen molar-refractivity contribution >= 4 is 11.8 Å². The molecule has 0 saturated carbocycles. The fourth-order valence-electron chi connectivity index (χ4n) is 1.96. The maximum atomic E-state index is 12.2. The highest BCUT2D eigenvalue weighted by molar-refractivity contribution is 5.89. The lowest BCUT2D eigenvalue weighted by atomic mass is 10.0. The molecule has 0 aliphatic carbocycles. The van der Waals surface area contributed by atoms with Gasteiger partial charge in [-0.15, -0.1) is 0 Å². The number of likely N-dealkylation sites (tertiary alicyclic amines) is 1. The lowest BCUT2D eigenvalue weighted by Crippen LogP contribution is -2.42. The Bertz CT molecular complexity index is 373. The molecule has 5 nitrogen and oxygen atoms in total. The van der Waals surface area contributed by atoms with Crippen molar-refractivity contribution < 1.29 is 27.9 Å². The Hall–Kier alpha value is -1.31. The zero-order chi connectivity index (χ0) is 15.5. The molecule has 0 aromatic rings. The number of nitrogens with zero attached hydrogens (tertiary/aromatic N) is 1. The van der Waals surface area contributed by atoms with Crippen molar-refractivity contribution in [3.63, 3.8) is 0 Å². The normalized spacial score (nSPS) is 22.8. The standard InChI is InChI=1S/C12H19F3N2O3/c1-7(5-18)8(2)16-11(20)9-3-10(19)17(4-9)6-12(13,14)15/h7-9,18H,3-6H2,1-2H3,(H,16,20).